The van der Waals surface area contributed by atoms with Crippen molar-refractivity contribution in [3.05, 3.63) is 33.9 Å². The van der Waals surface area contributed by atoms with Crippen molar-refractivity contribution in [1.29, 1.82) is 0 Å². The molecule has 0 aliphatic heterocycles. The molecule has 0 unspecified atom stereocenters. The van der Waals surface area contributed by atoms with E-state index < -0.39 is 0 Å². The summed E-state index contributed by atoms with van der Waals surface area (Å²) in [6, 6.07) is 6.12. The quantitative estimate of drug-likeness (QED) is 0.926. The van der Waals surface area contributed by atoms with Crippen LogP contribution in [0.2, 0.25) is 0 Å². The van der Waals surface area contributed by atoms with Crippen LogP contribution in [-0.4, -0.2) is 19.1 Å². The molecule has 0 amide bonds. The van der Waals surface area contributed by atoms with Gasteiger partial charge in [0.25, 0.3) is 0 Å². The van der Waals surface area contributed by atoms with Crippen LogP contribution in [0.3, 0.4) is 0 Å². The summed E-state index contributed by atoms with van der Waals surface area (Å²) >= 11 is 3.55. The van der Waals surface area contributed by atoms with Crippen LogP contribution in [0.25, 0.3) is 10.9 Å². The molecule has 1 aromatic carbocycles. The van der Waals surface area contributed by atoms with Crippen LogP contribution in [0.1, 0.15) is 11.3 Å². The molecule has 1 heterocycles. The number of para-hydroxylation sites is 1. The van der Waals surface area contributed by atoms with E-state index >= 15 is 0 Å². The minimum Gasteiger partial charge on any atom is -0.377 e. The van der Waals surface area contributed by atoms with Gasteiger partial charge in [-0.05, 0) is 28.9 Å². The van der Waals surface area contributed by atoms with Crippen molar-refractivity contribution in [2.24, 2.45) is 5.73 Å². The van der Waals surface area contributed by atoms with E-state index in [2.05, 4.69) is 31.9 Å². The molecule has 2 rings (SSSR count). The molecule has 0 bridgehead atoms. The predicted molar refractivity (Wildman–Crippen MR) is 76.4 cm³/mol. The van der Waals surface area contributed by atoms with Gasteiger partial charge in [-0.1, -0.05) is 12.1 Å². The first kappa shape index (κ1) is 12.3. The largest absolute Gasteiger partial charge is 0.377 e. The summed E-state index contributed by atoms with van der Waals surface area (Å²) in [6.45, 7) is 2.52. The molecule has 0 saturated carbocycles. The molecule has 3 nitrogen and oxygen atoms in total. The molecule has 17 heavy (non-hydrogen) atoms. The lowest BCUT2D eigenvalue weighted by Crippen LogP contribution is -2.15. The van der Waals surface area contributed by atoms with Crippen molar-refractivity contribution in [1.82, 2.24) is 4.98 Å². The Morgan fingerprint density at radius 2 is 2.06 bits per heavy atom. The molecule has 0 aliphatic rings. The van der Waals surface area contributed by atoms with Crippen molar-refractivity contribution in [2.45, 2.75) is 13.5 Å². The minimum absolute atomic E-state index is 0.509. The molecule has 2 aromatic rings. The van der Waals surface area contributed by atoms with Crippen LogP contribution in [0, 0.1) is 6.92 Å². The van der Waals surface area contributed by atoms with Gasteiger partial charge in [0, 0.05) is 41.8 Å². The van der Waals surface area contributed by atoms with Crippen LogP contribution in [0.15, 0.2) is 22.7 Å². The maximum absolute atomic E-state index is 5.84. The lowest BCUT2D eigenvalue weighted by Gasteiger charge is -2.21. The number of hydrogen-bond acceptors (Lipinski definition) is 3. The van der Waals surface area contributed by atoms with E-state index in [-0.39, 0.29) is 0 Å². The molecule has 0 fully saturated rings. The van der Waals surface area contributed by atoms with Crippen LogP contribution in [-0.2, 0) is 6.54 Å². The van der Waals surface area contributed by atoms with Gasteiger partial charge in [-0.15, -0.1) is 0 Å². The van der Waals surface area contributed by atoms with Crippen molar-refractivity contribution in [3.63, 3.8) is 0 Å². The van der Waals surface area contributed by atoms with E-state index in [9.17, 15) is 0 Å². The van der Waals surface area contributed by atoms with Crippen molar-refractivity contribution in [2.75, 3.05) is 19.0 Å². The number of hydrogen-bond donors (Lipinski definition) is 1. The lowest BCUT2D eigenvalue weighted by atomic mass is 10.1. The third kappa shape index (κ3) is 2.03. The Hall–Kier alpha value is -1.13. The third-order valence-electron chi connectivity index (χ3n) is 2.90. The van der Waals surface area contributed by atoms with Gasteiger partial charge in [-0.3, -0.25) is 4.98 Å². The molecule has 1 aromatic heterocycles. The maximum Gasteiger partial charge on any atom is 0.0868 e. The van der Waals surface area contributed by atoms with Crippen LogP contribution >= 0.6 is 15.9 Å². The normalized spacial score (nSPS) is 10.9. The second-order valence-electron chi connectivity index (χ2n) is 4.26. The number of rotatable bonds is 2. The topological polar surface area (TPSA) is 42.2 Å². The summed E-state index contributed by atoms with van der Waals surface area (Å²) < 4.78 is 1.02. The number of fused-ring (bicyclic) bond motifs is 1. The Morgan fingerprint density at radius 1 is 1.35 bits per heavy atom. The van der Waals surface area contributed by atoms with Crippen molar-refractivity contribution < 1.29 is 0 Å². The molecule has 0 atom stereocenters. The number of pyridine rings is 1. The van der Waals surface area contributed by atoms with Crippen LogP contribution in [0.4, 0.5) is 5.69 Å². The average molecular weight is 294 g/mol. The number of aromatic nitrogens is 1. The van der Waals surface area contributed by atoms with E-state index in [1.54, 1.807) is 0 Å². The smallest absolute Gasteiger partial charge is 0.0868 e. The fraction of sp³-hybridized carbons (Fsp3) is 0.308. The molecular formula is C13H16BrN3. The van der Waals surface area contributed by atoms with E-state index in [4.69, 9.17) is 5.73 Å². The fourth-order valence-electron chi connectivity index (χ4n) is 2.14. The van der Waals surface area contributed by atoms with E-state index in [1.807, 2.05) is 33.2 Å². The van der Waals surface area contributed by atoms with Gasteiger partial charge >= 0.3 is 0 Å². The Morgan fingerprint density at radius 3 is 2.65 bits per heavy atom. The first-order chi connectivity index (χ1) is 8.06. The second kappa shape index (κ2) is 4.63. The van der Waals surface area contributed by atoms with E-state index in [0.717, 1.165) is 32.3 Å². The number of anilines is 1. The summed E-state index contributed by atoms with van der Waals surface area (Å²) in [6.07, 6.45) is 0. The van der Waals surface area contributed by atoms with Gasteiger partial charge in [0.2, 0.25) is 0 Å². The summed E-state index contributed by atoms with van der Waals surface area (Å²) in [4.78, 5) is 6.74. The van der Waals surface area contributed by atoms with Gasteiger partial charge in [0.05, 0.1) is 11.2 Å². The third-order valence-corrected chi connectivity index (χ3v) is 3.54. The van der Waals surface area contributed by atoms with Gasteiger partial charge < -0.3 is 10.6 Å². The number of benzene rings is 1. The Balaban J connectivity index is 2.93. The zero-order chi connectivity index (χ0) is 12.6. The fourth-order valence-corrected chi connectivity index (χ4v) is 2.60. The van der Waals surface area contributed by atoms with Gasteiger partial charge in [-0.2, -0.15) is 0 Å². The molecule has 4 heteroatoms. The molecule has 0 saturated heterocycles. The maximum atomic E-state index is 5.84. The Bertz CT molecular complexity index is 564. The molecule has 0 aliphatic carbocycles. The highest BCUT2D eigenvalue weighted by Gasteiger charge is 2.14. The first-order valence-corrected chi connectivity index (χ1v) is 6.30. The molecule has 90 valence electrons. The predicted octanol–water partition coefficient (Wildman–Crippen LogP) is 2.83. The Kier molecular flexibility index (Phi) is 3.35. The van der Waals surface area contributed by atoms with Gasteiger partial charge in [0.15, 0.2) is 0 Å². The van der Waals surface area contributed by atoms with Gasteiger partial charge in [0.1, 0.15) is 0 Å². The van der Waals surface area contributed by atoms with E-state index in [0.29, 0.717) is 6.54 Å². The first-order valence-electron chi connectivity index (χ1n) is 5.51. The zero-order valence-electron chi connectivity index (χ0n) is 10.3. The van der Waals surface area contributed by atoms with E-state index in [1.165, 1.54) is 0 Å². The van der Waals surface area contributed by atoms with Crippen molar-refractivity contribution in [3.8, 4) is 0 Å². The Labute approximate surface area is 110 Å². The highest BCUT2D eigenvalue weighted by atomic mass is 79.9. The number of nitrogens with two attached hydrogens (primary N) is 1. The minimum atomic E-state index is 0.509. The summed E-state index contributed by atoms with van der Waals surface area (Å²) in [5.41, 5.74) is 10.1. The van der Waals surface area contributed by atoms with Crippen LogP contribution < -0.4 is 10.6 Å². The van der Waals surface area contributed by atoms with Crippen LogP contribution in [0.5, 0.6) is 0 Å². The average Bonchev–Trinajstić information content (AvgIpc) is 2.28. The summed E-state index contributed by atoms with van der Waals surface area (Å²) in [5, 5.41) is 1.13. The number of aryl methyl sites for hydroxylation is 1. The number of halogens is 1. The standard InChI is InChI=1S/C13H16BrN3/c1-8-10(7-15)13(17(2)3)9-5-4-6-11(14)12(9)16-8/h4-6H,7,15H2,1-3H3. The zero-order valence-corrected chi connectivity index (χ0v) is 11.9. The van der Waals surface area contributed by atoms with Crippen molar-refractivity contribution >= 4 is 32.5 Å². The molecular weight excluding hydrogens is 278 g/mol. The molecule has 2 N–H and O–H groups in total. The molecule has 0 spiro atoms. The summed E-state index contributed by atoms with van der Waals surface area (Å²) in [7, 11) is 4.07. The second-order valence-corrected chi connectivity index (χ2v) is 5.11. The lowest BCUT2D eigenvalue weighted by molar-refractivity contribution is 0.992. The highest BCUT2D eigenvalue weighted by molar-refractivity contribution is 9.10. The SMILES string of the molecule is Cc1nc2c(Br)cccc2c(N(C)C)c1CN. The van der Waals surface area contributed by atoms with Gasteiger partial charge in [-0.25, -0.2) is 0 Å². The highest BCUT2D eigenvalue weighted by Crippen LogP contribution is 2.33. The monoisotopic (exact) mass is 293 g/mol. The number of nitrogens with zero attached hydrogens (tertiary/aromatic N) is 2. The molecule has 0 radical (unpaired) electrons. The summed E-state index contributed by atoms with van der Waals surface area (Å²) in [5.74, 6) is 0.